The molecule has 1 aliphatic rings. The predicted molar refractivity (Wildman–Crippen MR) is 127 cm³/mol. The molecule has 0 radical (unpaired) electrons. The van der Waals surface area contributed by atoms with Gasteiger partial charge in [-0.15, -0.1) is 0 Å². The Morgan fingerprint density at radius 3 is 2.65 bits per heavy atom. The first-order valence-electron chi connectivity index (χ1n) is 10.6. The zero-order chi connectivity index (χ0) is 24.1. The molecule has 0 saturated carbocycles. The van der Waals surface area contributed by atoms with E-state index in [0.717, 1.165) is 5.56 Å². The molecule has 1 amide bonds. The SMILES string of the molecule is N#Cc1ccc(C(=O)N2CC(CCOc3ccncc3C#N)C(c3ccc(Cl)c(Cl)c3)C2)cn1. The van der Waals surface area contributed by atoms with Gasteiger partial charge >= 0.3 is 0 Å². The number of pyridine rings is 2. The van der Waals surface area contributed by atoms with Crippen LogP contribution in [0.25, 0.3) is 0 Å². The summed E-state index contributed by atoms with van der Waals surface area (Å²) in [5, 5.41) is 19.1. The van der Waals surface area contributed by atoms with Gasteiger partial charge in [0, 0.05) is 37.6 Å². The Balaban J connectivity index is 1.52. The molecule has 2 unspecified atom stereocenters. The molecule has 7 nitrogen and oxygen atoms in total. The summed E-state index contributed by atoms with van der Waals surface area (Å²) in [6.07, 6.45) is 5.14. The molecule has 0 spiro atoms. The summed E-state index contributed by atoms with van der Waals surface area (Å²) in [7, 11) is 0. The third-order valence-electron chi connectivity index (χ3n) is 5.87. The lowest BCUT2D eigenvalue weighted by molar-refractivity contribution is 0.0784. The van der Waals surface area contributed by atoms with Crippen molar-refractivity contribution in [3.8, 4) is 17.9 Å². The van der Waals surface area contributed by atoms with Crippen molar-refractivity contribution in [1.82, 2.24) is 14.9 Å². The minimum absolute atomic E-state index is 0.0292. The van der Waals surface area contributed by atoms with E-state index in [2.05, 4.69) is 16.0 Å². The van der Waals surface area contributed by atoms with Crippen LogP contribution in [0.1, 0.15) is 39.5 Å². The van der Waals surface area contributed by atoms with Crippen LogP contribution in [0.2, 0.25) is 10.0 Å². The predicted octanol–water partition coefficient (Wildman–Crippen LogP) is 4.85. The van der Waals surface area contributed by atoms with Crippen LogP contribution in [-0.4, -0.2) is 40.5 Å². The molecule has 2 atom stereocenters. The van der Waals surface area contributed by atoms with Crippen molar-refractivity contribution in [3.63, 3.8) is 0 Å². The lowest BCUT2D eigenvalue weighted by Crippen LogP contribution is -2.29. The van der Waals surface area contributed by atoms with Crippen LogP contribution in [0.4, 0.5) is 0 Å². The summed E-state index contributed by atoms with van der Waals surface area (Å²) in [6.45, 7) is 1.40. The second kappa shape index (κ2) is 10.5. The number of likely N-dealkylation sites (tertiary alicyclic amines) is 1. The fourth-order valence-corrected chi connectivity index (χ4v) is 4.44. The minimum Gasteiger partial charge on any atom is -0.492 e. The second-order valence-corrected chi connectivity index (χ2v) is 8.73. The number of benzene rings is 1. The maximum Gasteiger partial charge on any atom is 0.255 e. The summed E-state index contributed by atoms with van der Waals surface area (Å²) < 4.78 is 5.87. The zero-order valence-corrected chi connectivity index (χ0v) is 19.5. The van der Waals surface area contributed by atoms with Crippen LogP contribution in [0.3, 0.4) is 0 Å². The van der Waals surface area contributed by atoms with E-state index in [9.17, 15) is 10.1 Å². The number of hydrogen-bond acceptors (Lipinski definition) is 6. The van der Waals surface area contributed by atoms with Gasteiger partial charge in [-0.2, -0.15) is 10.5 Å². The van der Waals surface area contributed by atoms with Gasteiger partial charge in [0.15, 0.2) is 0 Å². The van der Waals surface area contributed by atoms with Gasteiger partial charge in [-0.3, -0.25) is 9.78 Å². The number of halogens is 2. The molecule has 0 N–H and O–H groups in total. The number of carbonyl (C=O) groups is 1. The highest BCUT2D eigenvalue weighted by Gasteiger charge is 2.36. The summed E-state index contributed by atoms with van der Waals surface area (Å²) in [5.74, 6) is 0.464. The third-order valence-corrected chi connectivity index (χ3v) is 6.61. The van der Waals surface area contributed by atoms with Crippen LogP contribution in [-0.2, 0) is 0 Å². The van der Waals surface area contributed by atoms with Gasteiger partial charge < -0.3 is 9.64 Å². The molecule has 170 valence electrons. The monoisotopic (exact) mass is 491 g/mol. The van der Waals surface area contributed by atoms with Crippen molar-refractivity contribution in [2.75, 3.05) is 19.7 Å². The van der Waals surface area contributed by atoms with Crippen LogP contribution < -0.4 is 4.74 Å². The number of nitrogens with zero attached hydrogens (tertiary/aromatic N) is 5. The fraction of sp³-hybridized carbons (Fsp3) is 0.240. The molecule has 1 aromatic carbocycles. The maximum atomic E-state index is 13.2. The van der Waals surface area contributed by atoms with E-state index in [1.807, 2.05) is 18.2 Å². The van der Waals surface area contributed by atoms with Crippen LogP contribution in [0.5, 0.6) is 5.75 Å². The highest BCUT2D eigenvalue weighted by molar-refractivity contribution is 6.42. The van der Waals surface area contributed by atoms with Crippen molar-refractivity contribution in [3.05, 3.63) is 87.4 Å². The standard InChI is InChI=1S/C25H19Cl2N5O2/c26-22-4-2-16(9-23(22)27)21-15-32(25(33)17-1-3-20(11-29)31-13-17)14-18(21)6-8-34-24-5-7-30-12-19(24)10-28/h1-5,7,9,12-13,18,21H,6,8,14-15H2. The van der Waals surface area contributed by atoms with Crippen LogP contribution in [0, 0.1) is 28.6 Å². The highest BCUT2D eigenvalue weighted by atomic mass is 35.5. The van der Waals surface area contributed by atoms with Gasteiger partial charge in [-0.25, -0.2) is 4.98 Å². The van der Waals surface area contributed by atoms with Crippen molar-refractivity contribution in [1.29, 1.82) is 10.5 Å². The van der Waals surface area contributed by atoms with Crippen molar-refractivity contribution >= 4 is 29.1 Å². The van der Waals surface area contributed by atoms with Gasteiger partial charge in [-0.1, -0.05) is 29.3 Å². The molecular weight excluding hydrogens is 473 g/mol. The molecule has 4 rings (SSSR count). The van der Waals surface area contributed by atoms with E-state index < -0.39 is 0 Å². The summed E-state index contributed by atoms with van der Waals surface area (Å²) in [6, 6.07) is 14.4. The Kier molecular flexibility index (Phi) is 7.27. The fourth-order valence-electron chi connectivity index (χ4n) is 4.13. The number of ether oxygens (including phenoxy) is 1. The summed E-state index contributed by atoms with van der Waals surface area (Å²) in [4.78, 5) is 22.9. The van der Waals surface area contributed by atoms with E-state index in [-0.39, 0.29) is 23.4 Å². The first-order valence-corrected chi connectivity index (χ1v) is 11.3. The molecule has 1 saturated heterocycles. The van der Waals surface area contributed by atoms with Crippen LogP contribution in [0.15, 0.2) is 55.0 Å². The smallest absolute Gasteiger partial charge is 0.255 e. The number of hydrogen-bond donors (Lipinski definition) is 0. The number of aromatic nitrogens is 2. The van der Waals surface area contributed by atoms with Crippen molar-refractivity contribution in [2.24, 2.45) is 5.92 Å². The van der Waals surface area contributed by atoms with Crippen LogP contribution >= 0.6 is 23.2 Å². The molecule has 0 aliphatic carbocycles. The first-order chi connectivity index (χ1) is 16.5. The Labute approximate surface area is 207 Å². The zero-order valence-electron chi connectivity index (χ0n) is 18.0. The minimum atomic E-state index is -0.147. The Bertz CT molecular complexity index is 1280. The van der Waals surface area contributed by atoms with Gasteiger partial charge in [0.25, 0.3) is 5.91 Å². The molecular formula is C25H19Cl2N5O2. The molecule has 34 heavy (non-hydrogen) atoms. The number of carbonyl (C=O) groups excluding carboxylic acids is 1. The summed E-state index contributed by atoms with van der Waals surface area (Å²) in [5.41, 5.74) is 2.06. The largest absolute Gasteiger partial charge is 0.492 e. The summed E-state index contributed by atoms with van der Waals surface area (Å²) >= 11 is 12.4. The van der Waals surface area contributed by atoms with E-state index in [1.165, 1.54) is 18.5 Å². The average Bonchev–Trinajstić information content (AvgIpc) is 3.29. The average molecular weight is 492 g/mol. The normalized spacial score (nSPS) is 17.1. The molecule has 3 aromatic rings. The van der Waals surface area contributed by atoms with Crippen molar-refractivity contribution < 1.29 is 9.53 Å². The second-order valence-electron chi connectivity index (χ2n) is 7.91. The van der Waals surface area contributed by atoms with Crippen molar-refractivity contribution in [2.45, 2.75) is 12.3 Å². The Morgan fingerprint density at radius 2 is 1.94 bits per heavy atom. The lowest BCUT2D eigenvalue weighted by atomic mass is 9.87. The Hall–Kier alpha value is -3.65. The quantitative estimate of drug-likeness (QED) is 0.487. The third kappa shape index (κ3) is 5.12. The van der Waals surface area contributed by atoms with E-state index in [1.54, 1.807) is 29.3 Å². The molecule has 2 aromatic heterocycles. The molecule has 3 heterocycles. The molecule has 1 aliphatic heterocycles. The maximum absolute atomic E-state index is 13.2. The first kappa shape index (κ1) is 23.5. The van der Waals surface area contributed by atoms with E-state index in [4.69, 9.17) is 33.2 Å². The highest BCUT2D eigenvalue weighted by Crippen LogP contribution is 2.38. The van der Waals surface area contributed by atoms with E-state index >= 15 is 0 Å². The molecule has 0 bridgehead atoms. The molecule has 9 heteroatoms. The lowest BCUT2D eigenvalue weighted by Gasteiger charge is -2.19. The Morgan fingerprint density at radius 1 is 1.09 bits per heavy atom. The number of rotatable bonds is 6. The topological polar surface area (TPSA) is 103 Å². The molecule has 1 fully saturated rings. The number of amides is 1. The van der Waals surface area contributed by atoms with Gasteiger partial charge in [-0.05, 0) is 48.2 Å². The van der Waals surface area contributed by atoms with Gasteiger partial charge in [0.2, 0.25) is 0 Å². The van der Waals surface area contributed by atoms with Gasteiger partial charge in [0.1, 0.15) is 29.1 Å². The van der Waals surface area contributed by atoms with Gasteiger partial charge in [0.05, 0.1) is 22.2 Å². The van der Waals surface area contributed by atoms with E-state index in [0.29, 0.717) is 53.0 Å². The number of nitriles is 2.